The summed E-state index contributed by atoms with van der Waals surface area (Å²) in [5.41, 5.74) is 1.83. The second kappa shape index (κ2) is 12.3. The first kappa shape index (κ1) is 30.4. The van der Waals surface area contributed by atoms with Crippen molar-refractivity contribution in [3.8, 4) is 0 Å². The van der Waals surface area contributed by atoms with Gasteiger partial charge in [-0.15, -0.1) is 0 Å². The Morgan fingerprint density at radius 3 is 1.77 bits per heavy atom. The minimum Gasteiger partial charge on any atom is -0.402 e. The molecule has 6 nitrogen and oxygen atoms in total. The number of nitrogens with zero attached hydrogens (tertiary/aromatic N) is 1. The summed E-state index contributed by atoms with van der Waals surface area (Å²) in [4.78, 5) is 29.0. The highest BCUT2D eigenvalue weighted by Gasteiger charge is 2.54. The van der Waals surface area contributed by atoms with Gasteiger partial charge in [-0.25, -0.2) is 13.6 Å². The van der Waals surface area contributed by atoms with Gasteiger partial charge in [0.15, 0.2) is 5.78 Å². The van der Waals surface area contributed by atoms with Crippen LogP contribution in [0.1, 0.15) is 44.4 Å². The van der Waals surface area contributed by atoms with Crippen LogP contribution in [0.4, 0.5) is 13.6 Å². The van der Waals surface area contributed by atoms with Crippen LogP contribution in [0, 0.1) is 11.6 Å². The Labute approximate surface area is 251 Å². The molecule has 2 aliphatic rings. The standard InChI is InChI=1S/C34H35BF2N2O4/c1-33(2)34(3,4)43-35(42-33)30(20-23-8-6-5-7-9-23)38-32(41)39-21-26(18-24-10-14-28(36)15-11-24)31(40)27(22-39)19-25-12-16-29(37)17-13-25/h5-19,30H,20-22H2,1-4H3,(H,38,41)/b26-18+,27-19+/t30-/m0/s1. The van der Waals surface area contributed by atoms with Gasteiger partial charge in [0.2, 0.25) is 0 Å². The number of piperidine rings is 1. The molecular weight excluding hydrogens is 549 g/mol. The van der Waals surface area contributed by atoms with Crippen LogP contribution >= 0.6 is 0 Å². The summed E-state index contributed by atoms with van der Waals surface area (Å²) in [5, 5.41) is 3.12. The summed E-state index contributed by atoms with van der Waals surface area (Å²) in [7, 11) is -0.705. The number of likely N-dealkylation sites (tertiary alicyclic amines) is 1. The van der Waals surface area contributed by atoms with Crippen LogP contribution in [0.15, 0.2) is 90.0 Å². The molecule has 2 amide bonds. The summed E-state index contributed by atoms with van der Waals surface area (Å²) in [5.74, 6) is -1.53. The fraction of sp³-hybridized carbons (Fsp3) is 0.294. The highest BCUT2D eigenvalue weighted by Crippen LogP contribution is 2.38. The van der Waals surface area contributed by atoms with Crippen LogP contribution in [0.2, 0.25) is 0 Å². The number of amides is 2. The van der Waals surface area contributed by atoms with E-state index in [-0.39, 0.29) is 30.5 Å². The molecule has 9 heteroatoms. The first-order chi connectivity index (χ1) is 20.4. The van der Waals surface area contributed by atoms with Crippen LogP contribution in [0.3, 0.4) is 0 Å². The van der Waals surface area contributed by atoms with Gasteiger partial charge in [0, 0.05) is 11.1 Å². The molecule has 2 heterocycles. The fourth-order valence-electron chi connectivity index (χ4n) is 5.09. The van der Waals surface area contributed by atoms with E-state index in [0.717, 1.165) is 5.56 Å². The molecule has 0 aromatic heterocycles. The van der Waals surface area contributed by atoms with E-state index in [2.05, 4.69) is 5.32 Å². The molecular formula is C34H35BF2N2O4. The van der Waals surface area contributed by atoms with Crippen molar-refractivity contribution in [2.45, 2.75) is 51.3 Å². The Hall–Kier alpha value is -4.08. The average Bonchev–Trinajstić information content (AvgIpc) is 3.19. The molecule has 1 atom stereocenters. The van der Waals surface area contributed by atoms with Crippen LogP contribution in [0.5, 0.6) is 0 Å². The van der Waals surface area contributed by atoms with Gasteiger partial charge in [0.1, 0.15) is 11.6 Å². The van der Waals surface area contributed by atoms with E-state index < -0.39 is 30.3 Å². The second-order valence-electron chi connectivity index (χ2n) is 12.0. The molecule has 0 aliphatic carbocycles. The van der Waals surface area contributed by atoms with Gasteiger partial charge in [-0.3, -0.25) is 4.79 Å². The number of nitrogens with one attached hydrogen (secondary N) is 1. The molecule has 2 fully saturated rings. The average molecular weight is 584 g/mol. The minimum atomic E-state index is -0.705. The van der Waals surface area contributed by atoms with Crippen LogP contribution in [-0.4, -0.2) is 54.1 Å². The van der Waals surface area contributed by atoms with E-state index in [1.54, 1.807) is 41.3 Å². The third kappa shape index (κ3) is 7.12. The zero-order valence-electron chi connectivity index (χ0n) is 24.8. The second-order valence-corrected chi connectivity index (χ2v) is 12.0. The Kier molecular flexibility index (Phi) is 8.67. The number of benzene rings is 3. The first-order valence-corrected chi connectivity index (χ1v) is 14.3. The predicted octanol–water partition coefficient (Wildman–Crippen LogP) is 6.27. The maximum atomic E-state index is 13.9. The minimum absolute atomic E-state index is 0.0459. The number of ketones is 1. The lowest BCUT2D eigenvalue weighted by molar-refractivity contribution is -0.113. The van der Waals surface area contributed by atoms with Crippen molar-refractivity contribution in [2.24, 2.45) is 0 Å². The SMILES string of the molecule is CC1(C)OB([C@H](Cc2ccccc2)NC(=O)N2C/C(=C\c3ccc(F)cc3)C(=O)/C(=C/c3ccc(F)cc3)C2)OC1(C)C. The molecule has 0 spiro atoms. The van der Waals surface area contributed by atoms with Crippen LogP contribution in [-0.2, 0) is 20.5 Å². The monoisotopic (exact) mass is 584 g/mol. The molecule has 1 N–H and O–H groups in total. The molecule has 2 aliphatic heterocycles. The van der Waals surface area contributed by atoms with Gasteiger partial charge in [-0.05, 0) is 87.2 Å². The Bertz CT molecular complexity index is 1450. The topological polar surface area (TPSA) is 67.9 Å². The van der Waals surface area contributed by atoms with E-state index in [1.807, 2.05) is 58.0 Å². The fourth-order valence-corrected chi connectivity index (χ4v) is 5.09. The van der Waals surface area contributed by atoms with E-state index in [1.165, 1.54) is 24.3 Å². The van der Waals surface area contributed by atoms with E-state index in [4.69, 9.17) is 9.31 Å². The smallest absolute Gasteiger partial charge is 0.402 e. The molecule has 3 aromatic rings. The van der Waals surface area contributed by atoms with Crippen molar-refractivity contribution in [1.29, 1.82) is 0 Å². The van der Waals surface area contributed by atoms with Crippen molar-refractivity contribution >= 4 is 31.1 Å². The number of carbonyl (C=O) groups is 2. The highest BCUT2D eigenvalue weighted by atomic mass is 19.1. The zero-order valence-corrected chi connectivity index (χ0v) is 24.8. The number of rotatable bonds is 6. The molecule has 0 unspecified atom stereocenters. The number of urea groups is 1. The van der Waals surface area contributed by atoms with E-state index >= 15 is 0 Å². The van der Waals surface area contributed by atoms with Crippen molar-refractivity contribution in [2.75, 3.05) is 13.1 Å². The summed E-state index contributed by atoms with van der Waals surface area (Å²) in [6, 6.07) is 21.0. The maximum Gasteiger partial charge on any atom is 0.482 e. The number of Topliss-reactive ketones (excluding diaryl/α,β-unsaturated/α-hetero) is 1. The third-order valence-corrected chi connectivity index (χ3v) is 8.22. The molecule has 0 saturated carbocycles. The quantitative estimate of drug-likeness (QED) is 0.274. The van der Waals surface area contributed by atoms with Gasteiger partial charge >= 0.3 is 13.1 Å². The van der Waals surface area contributed by atoms with Gasteiger partial charge < -0.3 is 19.5 Å². The number of carbonyl (C=O) groups excluding carboxylic acids is 2. The molecule has 2 saturated heterocycles. The van der Waals surface area contributed by atoms with Crippen molar-refractivity contribution < 1.29 is 27.7 Å². The molecule has 5 rings (SSSR count). The summed E-state index contributed by atoms with van der Waals surface area (Å²) >= 11 is 0. The molecule has 0 bridgehead atoms. The molecule has 222 valence electrons. The highest BCUT2D eigenvalue weighted by molar-refractivity contribution is 6.48. The van der Waals surface area contributed by atoms with Crippen LogP contribution < -0.4 is 5.32 Å². The Morgan fingerprint density at radius 2 is 1.30 bits per heavy atom. The number of hydrogen-bond acceptors (Lipinski definition) is 4. The van der Waals surface area contributed by atoms with Crippen molar-refractivity contribution in [3.63, 3.8) is 0 Å². The van der Waals surface area contributed by atoms with Gasteiger partial charge in [0.25, 0.3) is 0 Å². The lowest BCUT2D eigenvalue weighted by Crippen LogP contribution is -2.55. The van der Waals surface area contributed by atoms with E-state index in [0.29, 0.717) is 28.7 Å². The molecule has 3 aromatic carbocycles. The maximum absolute atomic E-state index is 13.9. The predicted molar refractivity (Wildman–Crippen MR) is 164 cm³/mol. The van der Waals surface area contributed by atoms with Gasteiger partial charge in [-0.1, -0.05) is 54.6 Å². The van der Waals surface area contributed by atoms with Gasteiger partial charge in [-0.2, -0.15) is 0 Å². The number of halogens is 2. The zero-order chi connectivity index (χ0) is 30.8. The van der Waals surface area contributed by atoms with Crippen molar-refractivity contribution in [3.05, 3.63) is 118 Å². The molecule has 43 heavy (non-hydrogen) atoms. The summed E-state index contributed by atoms with van der Waals surface area (Å²) in [6.07, 6.45) is 3.79. The number of hydrogen-bond donors (Lipinski definition) is 1. The largest absolute Gasteiger partial charge is 0.482 e. The Balaban J connectivity index is 1.45. The lowest BCUT2D eigenvalue weighted by Gasteiger charge is -2.32. The summed E-state index contributed by atoms with van der Waals surface area (Å²) in [6.45, 7) is 7.94. The van der Waals surface area contributed by atoms with E-state index in [9.17, 15) is 18.4 Å². The van der Waals surface area contributed by atoms with Gasteiger partial charge in [0.05, 0.1) is 30.2 Å². The molecule has 0 radical (unpaired) electrons. The lowest BCUT2D eigenvalue weighted by atomic mass is 9.75. The first-order valence-electron chi connectivity index (χ1n) is 14.3. The normalized spacial score (nSPS) is 20.5. The third-order valence-electron chi connectivity index (χ3n) is 8.22. The van der Waals surface area contributed by atoms with Crippen molar-refractivity contribution in [1.82, 2.24) is 10.2 Å². The summed E-state index contributed by atoms with van der Waals surface area (Å²) < 4.78 is 39.7. The van der Waals surface area contributed by atoms with Crippen LogP contribution in [0.25, 0.3) is 12.2 Å². The Morgan fingerprint density at radius 1 is 0.837 bits per heavy atom.